The molecule has 212 valence electrons. The fourth-order valence-corrected chi connectivity index (χ4v) is 3.63. The second kappa shape index (κ2) is 15.6. The number of benzene rings is 1. The largest absolute Gasteiger partial charge is 0.468 e. The van der Waals surface area contributed by atoms with Gasteiger partial charge in [-0.25, -0.2) is 4.79 Å². The highest BCUT2D eigenvalue weighted by Gasteiger charge is 2.36. The van der Waals surface area contributed by atoms with Gasteiger partial charge in [0.15, 0.2) is 0 Å². The third-order valence-electron chi connectivity index (χ3n) is 5.60. The average molecular weight is 535 g/mol. The molecule has 1 aromatic carbocycles. The van der Waals surface area contributed by atoms with Crippen molar-refractivity contribution in [3.05, 3.63) is 35.4 Å². The van der Waals surface area contributed by atoms with Gasteiger partial charge in [0, 0.05) is 13.0 Å². The van der Waals surface area contributed by atoms with Gasteiger partial charge in [-0.1, -0.05) is 44.5 Å². The summed E-state index contributed by atoms with van der Waals surface area (Å²) in [7, 11) is 1.21. The molecule has 0 fully saturated rings. The van der Waals surface area contributed by atoms with Crippen molar-refractivity contribution in [3.8, 4) is 0 Å². The van der Waals surface area contributed by atoms with Gasteiger partial charge in [0.2, 0.25) is 17.7 Å². The van der Waals surface area contributed by atoms with Gasteiger partial charge >= 0.3 is 12.1 Å². The lowest BCUT2D eigenvalue weighted by atomic mass is 9.99. The average Bonchev–Trinajstić information content (AvgIpc) is 2.85. The Morgan fingerprint density at radius 1 is 1.05 bits per heavy atom. The molecule has 1 rings (SSSR count). The Bertz CT molecular complexity index is 957. The highest BCUT2D eigenvalue weighted by atomic mass is 16.6. The van der Waals surface area contributed by atoms with Crippen molar-refractivity contribution in [2.75, 3.05) is 20.2 Å². The molecule has 0 spiro atoms. The predicted octanol–water partition coefficient (Wildman–Crippen LogP) is 2.37. The van der Waals surface area contributed by atoms with Crippen LogP contribution in [-0.4, -0.2) is 66.5 Å². The maximum atomic E-state index is 13.9. The highest BCUT2D eigenvalue weighted by molar-refractivity contribution is 5.93. The normalized spacial score (nSPS) is 12.6. The van der Waals surface area contributed by atoms with E-state index in [2.05, 4.69) is 15.4 Å². The van der Waals surface area contributed by atoms with E-state index >= 15 is 0 Å². The minimum atomic E-state index is -1.18. The molecule has 0 aliphatic rings. The second-order valence-electron chi connectivity index (χ2n) is 9.88. The molecule has 1 aromatic rings. The van der Waals surface area contributed by atoms with E-state index in [-0.39, 0.29) is 25.9 Å². The lowest BCUT2D eigenvalue weighted by molar-refractivity contribution is -0.145. The summed E-state index contributed by atoms with van der Waals surface area (Å²) >= 11 is 0. The van der Waals surface area contributed by atoms with Crippen molar-refractivity contribution in [1.82, 2.24) is 15.5 Å². The smallest absolute Gasteiger partial charge is 0.408 e. The quantitative estimate of drug-likeness (QED) is 0.309. The number of nitrogens with one attached hydrogen (secondary N) is 2. The first-order valence-corrected chi connectivity index (χ1v) is 12.8. The molecule has 2 unspecified atom stereocenters. The molecule has 0 aliphatic carbocycles. The standard InChI is InChI=1S/C27H42N4O7/c1-7-9-16-31(25(35)20(14-15-21(28)32)30-26(36)38-27(3,4)5)23(24(34)29-17-22(33)37-6)19-12-10-18(8-2)11-13-19/h10-13,20,23H,7-9,14-17H2,1-6H3,(H2,28,32)(H,29,34)(H,30,36). The van der Waals surface area contributed by atoms with Crippen LogP contribution < -0.4 is 16.4 Å². The van der Waals surface area contributed by atoms with Crippen LogP contribution in [0.5, 0.6) is 0 Å². The number of esters is 1. The van der Waals surface area contributed by atoms with Crippen LogP contribution >= 0.6 is 0 Å². The molecule has 0 bridgehead atoms. The minimum absolute atomic E-state index is 0.0820. The number of rotatable bonds is 14. The number of unbranched alkanes of at least 4 members (excludes halogenated alkanes) is 1. The second-order valence-corrected chi connectivity index (χ2v) is 9.88. The summed E-state index contributed by atoms with van der Waals surface area (Å²) in [6, 6.07) is 4.95. The molecule has 0 radical (unpaired) electrons. The molecule has 0 saturated carbocycles. The Kier molecular flexibility index (Phi) is 13.3. The number of carbonyl (C=O) groups is 5. The van der Waals surface area contributed by atoms with Gasteiger partial charge in [0.1, 0.15) is 24.2 Å². The number of amides is 4. The number of hydrogen-bond acceptors (Lipinski definition) is 7. The lowest BCUT2D eigenvalue weighted by Gasteiger charge is -2.34. The van der Waals surface area contributed by atoms with Gasteiger partial charge in [0.25, 0.3) is 0 Å². The third kappa shape index (κ3) is 11.2. The van der Waals surface area contributed by atoms with Crippen LogP contribution in [0.1, 0.15) is 77.5 Å². The SMILES string of the molecule is CCCCN(C(=O)C(CCC(N)=O)NC(=O)OC(C)(C)C)C(C(=O)NCC(=O)OC)c1ccc(CC)cc1. The number of methoxy groups -OCH3 is 1. The Hall–Kier alpha value is -3.63. The van der Waals surface area contributed by atoms with E-state index in [1.165, 1.54) is 12.0 Å². The van der Waals surface area contributed by atoms with Crippen molar-refractivity contribution >= 4 is 29.8 Å². The molecule has 0 aromatic heterocycles. The zero-order valence-corrected chi connectivity index (χ0v) is 23.3. The summed E-state index contributed by atoms with van der Waals surface area (Å²) in [5.74, 6) is -2.45. The summed E-state index contributed by atoms with van der Waals surface area (Å²) in [6.45, 7) is 8.79. The molecule has 4 amide bonds. The number of hydrogen-bond donors (Lipinski definition) is 3. The number of primary amides is 1. The van der Waals surface area contributed by atoms with E-state index < -0.39 is 47.5 Å². The molecule has 4 N–H and O–H groups in total. The Labute approximate surface area is 224 Å². The van der Waals surface area contributed by atoms with E-state index in [0.717, 1.165) is 18.4 Å². The zero-order chi connectivity index (χ0) is 28.9. The summed E-state index contributed by atoms with van der Waals surface area (Å²) in [6.07, 6.45) is 0.983. The molecule has 0 heterocycles. The summed E-state index contributed by atoms with van der Waals surface area (Å²) in [5, 5.41) is 5.08. The molecule has 11 heteroatoms. The van der Waals surface area contributed by atoms with Gasteiger partial charge in [-0.15, -0.1) is 0 Å². The van der Waals surface area contributed by atoms with E-state index in [1.807, 2.05) is 26.0 Å². The fraction of sp³-hybridized carbons (Fsp3) is 0.593. The molecular weight excluding hydrogens is 492 g/mol. The molecule has 38 heavy (non-hydrogen) atoms. The fourth-order valence-electron chi connectivity index (χ4n) is 3.63. The maximum Gasteiger partial charge on any atom is 0.408 e. The van der Waals surface area contributed by atoms with Crippen LogP contribution in [0.3, 0.4) is 0 Å². The number of nitrogens with zero attached hydrogens (tertiary/aromatic N) is 1. The topological polar surface area (TPSA) is 157 Å². The van der Waals surface area contributed by atoms with Crippen LogP contribution in [0.2, 0.25) is 0 Å². The molecule has 2 atom stereocenters. The van der Waals surface area contributed by atoms with Crippen molar-refractivity contribution < 1.29 is 33.4 Å². The van der Waals surface area contributed by atoms with Crippen molar-refractivity contribution in [1.29, 1.82) is 0 Å². The van der Waals surface area contributed by atoms with Crippen LogP contribution in [0.15, 0.2) is 24.3 Å². The van der Waals surface area contributed by atoms with Gasteiger partial charge in [-0.3, -0.25) is 19.2 Å². The molecule has 0 aliphatic heterocycles. The van der Waals surface area contributed by atoms with Crippen LogP contribution in [0, 0.1) is 0 Å². The Balaban J connectivity index is 3.48. The van der Waals surface area contributed by atoms with E-state index in [9.17, 15) is 24.0 Å². The van der Waals surface area contributed by atoms with Crippen molar-refractivity contribution in [3.63, 3.8) is 0 Å². The summed E-state index contributed by atoms with van der Waals surface area (Å²) in [4.78, 5) is 64.5. The van der Waals surface area contributed by atoms with Gasteiger partial charge in [-0.2, -0.15) is 0 Å². The zero-order valence-electron chi connectivity index (χ0n) is 23.3. The predicted molar refractivity (Wildman–Crippen MR) is 142 cm³/mol. The Morgan fingerprint density at radius 3 is 2.18 bits per heavy atom. The maximum absolute atomic E-state index is 13.9. The number of carbonyl (C=O) groups excluding carboxylic acids is 5. The number of aryl methyl sites for hydroxylation is 1. The summed E-state index contributed by atoms with van der Waals surface area (Å²) in [5.41, 5.74) is 6.07. The monoisotopic (exact) mass is 534 g/mol. The van der Waals surface area contributed by atoms with E-state index in [4.69, 9.17) is 10.5 Å². The first kappa shape index (κ1) is 32.4. The van der Waals surface area contributed by atoms with Crippen LogP contribution in [0.4, 0.5) is 4.79 Å². The van der Waals surface area contributed by atoms with Crippen molar-refractivity contribution in [2.24, 2.45) is 5.73 Å². The van der Waals surface area contributed by atoms with Crippen LogP contribution in [-0.2, 0) is 35.1 Å². The first-order valence-electron chi connectivity index (χ1n) is 12.8. The third-order valence-corrected chi connectivity index (χ3v) is 5.60. The number of alkyl carbamates (subject to hydrolysis) is 1. The molecule has 0 saturated heterocycles. The van der Waals surface area contributed by atoms with E-state index in [1.54, 1.807) is 32.9 Å². The highest BCUT2D eigenvalue weighted by Crippen LogP contribution is 2.25. The van der Waals surface area contributed by atoms with Gasteiger partial charge in [0.05, 0.1) is 7.11 Å². The molecule has 11 nitrogen and oxygen atoms in total. The lowest BCUT2D eigenvalue weighted by Crippen LogP contribution is -2.53. The van der Waals surface area contributed by atoms with Crippen LogP contribution in [0.25, 0.3) is 0 Å². The Morgan fingerprint density at radius 2 is 1.68 bits per heavy atom. The minimum Gasteiger partial charge on any atom is -0.468 e. The number of nitrogens with two attached hydrogens (primary N) is 1. The van der Waals surface area contributed by atoms with Crippen molar-refractivity contribution in [2.45, 2.75) is 84.4 Å². The van der Waals surface area contributed by atoms with E-state index in [0.29, 0.717) is 12.0 Å². The van der Waals surface area contributed by atoms with Gasteiger partial charge in [-0.05, 0) is 51.2 Å². The first-order chi connectivity index (χ1) is 17.8. The summed E-state index contributed by atoms with van der Waals surface area (Å²) < 4.78 is 9.94. The van der Waals surface area contributed by atoms with Gasteiger partial charge < -0.3 is 30.7 Å². The molecular formula is C27H42N4O7. The number of ether oxygens (including phenoxy) is 2.